The standard InChI is InChI=1S/C26H33Si2.C9H13.3ClH.Ti/c1-18-13-25(17-26(14-18)28(6,7)8)27(23-11-9-19(2)21(4)15-23)24-12-10-20(3)22(5)16-24;1-6-5-7(2)9(4)8(6)3;;;;/h9-17H,1-8H3;6H,1-4H3;3*1H;. The van der Waals surface area contributed by atoms with Crippen molar-refractivity contribution in [3.05, 3.63) is 103 Å². The Balaban J connectivity index is 0.00000280. The van der Waals surface area contributed by atoms with Gasteiger partial charge in [-0.1, -0.05) is 0 Å². The van der Waals surface area contributed by atoms with Gasteiger partial charge in [0.1, 0.15) is 0 Å². The topological polar surface area (TPSA) is 0 Å². The maximum Gasteiger partial charge on any atom is -0.147 e. The van der Waals surface area contributed by atoms with Gasteiger partial charge >= 0.3 is 244 Å². The van der Waals surface area contributed by atoms with E-state index in [1.54, 1.807) is 35.8 Å². The van der Waals surface area contributed by atoms with Gasteiger partial charge in [0, 0.05) is 0 Å². The van der Waals surface area contributed by atoms with Crippen molar-refractivity contribution < 1.29 is 18.4 Å². The number of halogens is 3. The number of allylic oxidation sites excluding steroid dienone is 4. The van der Waals surface area contributed by atoms with Crippen LogP contribution in [-0.4, -0.2) is 14.0 Å². The Morgan fingerprint density at radius 1 is 0.537 bits per heavy atom. The zero-order chi connectivity index (χ0) is 28.2. The Morgan fingerprint density at radius 3 is 1.39 bits per heavy atom. The quantitative estimate of drug-likeness (QED) is 0.182. The number of aryl methyl sites for hydroxylation is 5. The first-order chi connectivity index (χ1) is 17.7. The molecule has 0 bridgehead atoms. The summed E-state index contributed by atoms with van der Waals surface area (Å²) in [4.78, 5) is 0. The molecule has 0 saturated heterocycles. The second-order valence-electron chi connectivity index (χ2n) is 12.9. The van der Waals surface area contributed by atoms with Crippen LogP contribution in [0.15, 0.2) is 75.2 Å². The van der Waals surface area contributed by atoms with Gasteiger partial charge in [-0.3, -0.25) is 0 Å². The Bertz CT molecular complexity index is 1430. The maximum atomic E-state index is 2.67. The summed E-state index contributed by atoms with van der Waals surface area (Å²) in [7, 11) is -1.49. The molecule has 0 N–H and O–H groups in total. The summed E-state index contributed by atoms with van der Waals surface area (Å²) in [6.07, 6.45) is 0. The summed E-state index contributed by atoms with van der Waals surface area (Å²) < 4.78 is 1.78. The van der Waals surface area contributed by atoms with Crippen LogP contribution in [0.5, 0.6) is 0 Å². The van der Waals surface area contributed by atoms with Crippen LogP contribution in [0.25, 0.3) is 0 Å². The zero-order valence-corrected chi connectivity index (χ0v) is 33.0. The smallest absolute Gasteiger partial charge is 0.147 e. The average molecular weight is 680 g/mol. The first kappa shape index (κ1) is 38.2. The van der Waals surface area contributed by atoms with E-state index in [0.717, 1.165) is 0 Å². The summed E-state index contributed by atoms with van der Waals surface area (Å²) in [6.45, 7) is 28.5. The first-order valence-electron chi connectivity index (χ1n) is 14.1. The van der Waals surface area contributed by atoms with E-state index in [4.69, 9.17) is 0 Å². The van der Waals surface area contributed by atoms with Crippen LogP contribution in [0.1, 0.15) is 55.5 Å². The molecule has 0 heterocycles. The Labute approximate surface area is 279 Å². The van der Waals surface area contributed by atoms with Crippen LogP contribution in [0.3, 0.4) is 0 Å². The molecule has 4 rings (SSSR count). The molecule has 1 aliphatic rings. The van der Waals surface area contributed by atoms with Gasteiger partial charge in [0.05, 0.1) is 0 Å². The number of rotatable bonds is 6. The molecule has 222 valence electrons. The van der Waals surface area contributed by atoms with Gasteiger partial charge in [0.15, 0.2) is 0 Å². The van der Waals surface area contributed by atoms with Crippen LogP contribution < -0.4 is 20.7 Å². The summed E-state index contributed by atoms with van der Waals surface area (Å²) in [5, 5.41) is 6.44. The van der Waals surface area contributed by atoms with Gasteiger partial charge < -0.3 is 0 Å². The molecule has 0 amide bonds. The molecule has 1 unspecified atom stereocenters. The van der Waals surface area contributed by atoms with Gasteiger partial charge in [-0.2, -0.15) is 0 Å². The maximum absolute atomic E-state index is 2.67. The molecule has 0 saturated carbocycles. The van der Waals surface area contributed by atoms with Gasteiger partial charge in [-0.25, -0.2) is 0 Å². The molecule has 0 aliphatic heterocycles. The van der Waals surface area contributed by atoms with Crippen molar-refractivity contribution >= 4 is 72.0 Å². The fourth-order valence-electron chi connectivity index (χ4n) is 5.87. The Morgan fingerprint density at radius 2 is 1.00 bits per heavy atom. The van der Waals surface area contributed by atoms with Crippen molar-refractivity contribution in [2.75, 3.05) is 0 Å². The van der Waals surface area contributed by atoms with Crippen LogP contribution in [-0.2, 0) is 18.4 Å². The van der Waals surface area contributed by atoms with Gasteiger partial charge in [-0.15, -0.1) is 37.2 Å². The predicted molar refractivity (Wildman–Crippen MR) is 193 cm³/mol. The molecule has 0 fully saturated rings. The van der Waals surface area contributed by atoms with Crippen LogP contribution in [0, 0.1) is 40.5 Å². The molecular formula is C35H49Cl3Si2Ti. The van der Waals surface area contributed by atoms with Crippen molar-refractivity contribution in [1.29, 1.82) is 0 Å². The third-order valence-corrected chi connectivity index (χ3v) is 23.7. The second kappa shape index (κ2) is 14.3. The number of hydrogen-bond acceptors (Lipinski definition) is 0. The Hall–Kier alpha value is -0.842. The van der Waals surface area contributed by atoms with Crippen molar-refractivity contribution in [3.63, 3.8) is 0 Å². The monoisotopic (exact) mass is 678 g/mol. The largest absolute Gasteiger partial charge is 0.147 e. The van der Waals surface area contributed by atoms with Gasteiger partial charge in [0.25, 0.3) is 0 Å². The van der Waals surface area contributed by atoms with E-state index in [1.807, 2.05) is 0 Å². The van der Waals surface area contributed by atoms with E-state index in [-0.39, 0.29) is 37.2 Å². The van der Waals surface area contributed by atoms with E-state index >= 15 is 0 Å². The summed E-state index contributed by atoms with van der Waals surface area (Å²) in [5.74, 6) is -1.76. The molecule has 3 aromatic rings. The molecule has 3 aromatic carbocycles. The molecule has 0 radical (unpaired) electrons. The minimum atomic E-state index is -2.32. The minimum Gasteiger partial charge on any atom is -0.147 e. The third kappa shape index (κ3) is 7.28. The van der Waals surface area contributed by atoms with Crippen molar-refractivity contribution in [3.8, 4) is 0 Å². The molecular weight excluding hydrogens is 631 g/mol. The van der Waals surface area contributed by atoms with E-state index in [9.17, 15) is 0 Å². The van der Waals surface area contributed by atoms with Gasteiger partial charge in [0.2, 0.25) is 0 Å². The van der Waals surface area contributed by atoms with Crippen LogP contribution >= 0.6 is 37.2 Å². The first-order valence-corrected chi connectivity index (χ1v) is 22.7. The van der Waals surface area contributed by atoms with Crippen LogP contribution in [0.4, 0.5) is 0 Å². The molecule has 1 aliphatic carbocycles. The molecule has 0 aromatic heterocycles. The van der Waals surface area contributed by atoms with E-state index in [1.165, 1.54) is 33.4 Å². The zero-order valence-electron chi connectivity index (χ0n) is 27.0. The van der Waals surface area contributed by atoms with E-state index < -0.39 is 32.4 Å². The van der Waals surface area contributed by atoms with Crippen molar-refractivity contribution in [1.82, 2.24) is 0 Å². The summed E-state index contributed by atoms with van der Waals surface area (Å²) >= 11 is -0.515. The second-order valence-corrected chi connectivity index (χ2v) is 27.0. The fraction of sp³-hybridized carbons (Fsp3) is 0.371. The number of benzene rings is 3. The Kier molecular flexibility index (Phi) is 13.3. The molecule has 1 atom stereocenters. The molecule has 41 heavy (non-hydrogen) atoms. The molecule has 0 spiro atoms. The van der Waals surface area contributed by atoms with Crippen molar-refractivity contribution in [2.45, 2.75) is 82.0 Å². The van der Waals surface area contributed by atoms with Crippen molar-refractivity contribution in [2.24, 2.45) is 5.92 Å². The molecule has 0 nitrogen and oxygen atoms in total. The SMILES string of the molecule is CC1=C(C)C(C)[C]([Ti][Si](c2cc(C)cc([Si](C)(C)C)c2)(c2ccc(C)c(C)c2)c2ccc(C)c(C)c2)=C1C.Cl.Cl.Cl. The average Bonchev–Trinajstić information content (AvgIpc) is 3.02. The van der Waals surface area contributed by atoms with Gasteiger partial charge in [-0.05, 0) is 0 Å². The van der Waals surface area contributed by atoms with Crippen LogP contribution in [0.2, 0.25) is 19.6 Å². The number of hydrogen-bond donors (Lipinski definition) is 0. The summed E-state index contributed by atoms with van der Waals surface area (Å²) in [6, 6.07) is 22.7. The summed E-state index contributed by atoms with van der Waals surface area (Å²) in [5.41, 5.74) is 11.7. The van der Waals surface area contributed by atoms with E-state index in [2.05, 4.69) is 137 Å². The normalized spacial score (nSPS) is 15.3. The predicted octanol–water partition coefficient (Wildman–Crippen LogP) is 8.35. The minimum absolute atomic E-state index is 0. The van der Waals surface area contributed by atoms with E-state index in [0.29, 0.717) is 5.92 Å². The third-order valence-electron chi connectivity index (χ3n) is 9.22. The molecule has 6 heteroatoms. The fourth-order valence-corrected chi connectivity index (χ4v) is 20.4.